The number of rotatable bonds is 5. The molecule has 1 aromatic carbocycles. The Hall–Kier alpha value is -1.69. The maximum atomic E-state index is 12.4. The summed E-state index contributed by atoms with van der Waals surface area (Å²) < 4.78 is 0.454. The summed E-state index contributed by atoms with van der Waals surface area (Å²) in [6.45, 7) is 2.61. The highest BCUT2D eigenvalue weighted by Crippen LogP contribution is 2.26. The molecular weight excluding hydrogens is 342 g/mol. The fourth-order valence-corrected chi connectivity index (χ4v) is 3.54. The molecule has 0 aliphatic carbocycles. The first-order valence-electron chi connectivity index (χ1n) is 8.10. The van der Waals surface area contributed by atoms with Crippen molar-refractivity contribution in [2.75, 3.05) is 19.6 Å². The van der Waals surface area contributed by atoms with E-state index in [1.807, 2.05) is 18.2 Å². The summed E-state index contributed by atoms with van der Waals surface area (Å²) in [7, 11) is 0. The molecule has 24 heavy (non-hydrogen) atoms. The van der Waals surface area contributed by atoms with Crippen LogP contribution in [0.4, 0.5) is 0 Å². The van der Waals surface area contributed by atoms with Gasteiger partial charge in [-0.3, -0.25) is 9.69 Å². The van der Waals surface area contributed by atoms with Gasteiger partial charge in [-0.15, -0.1) is 0 Å². The van der Waals surface area contributed by atoms with E-state index in [9.17, 15) is 4.79 Å². The van der Waals surface area contributed by atoms with Gasteiger partial charge in [-0.25, -0.2) is 0 Å². The number of pyridine rings is 1. The molecule has 0 saturated carbocycles. The van der Waals surface area contributed by atoms with Gasteiger partial charge >= 0.3 is 0 Å². The Labute approximate surface area is 151 Å². The summed E-state index contributed by atoms with van der Waals surface area (Å²) in [5, 5.41) is 3.74. The van der Waals surface area contributed by atoms with Crippen molar-refractivity contribution in [3.05, 3.63) is 63.4 Å². The molecule has 0 unspecified atom stereocenters. The molecule has 3 rings (SSSR count). The number of carbonyl (C=O) groups excluding carboxylic acids is 1. The first kappa shape index (κ1) is 17.1. The average Bonchev–Trinajstić information content (AvgIpc) is 3.10. The van der Waals surface area contributed by atoms with E-state index in [0.717, 1.165) is 18.7 Å². The standard InChI is InChI=1S/C18H20ClN3OS/c19-14-6-3-5-13(11-14)16(22-9-1-2-10-22)12-21-17(23)15-7-4-8-20-18(15)24/h3-8,11,16H,1-2,9-10,12H2,(H,20,24)(H,21,23)/t16-/m1/s1. The van der Waals surface area contributed by atoms with Gasteiger partial charge in [0.15, 0.2) is 0 Å². The number of carbonyl (C=O) groups is 1. The van der Waals surface area contributed by atoms with E-state index in [-0.39, 0.29) is 11.9 Å². The van der Waals surface area contributed by atoms with Crippen molar-refractivity contribution in [1.82, 2.24) is 15.2 Å². The monoisotopic (exact) mass is 361 g/mol. The maximum absolute atomic E-state index is 12.4. The molecule has 1 atom stereocenters. The fourth-order valence-electron chi connectivity index (χ4n) is 3.11. The molecule has 126 valence electrons. The molecule has 1 fully saturated rings. The van der Waals surface area contributed by atoms with Crippen LogP contribution in [0.15, 0.2) is 42.6 Å². The Kier molecular flexibility index (Phi) is 5.66. The molecule has 1 aromatic heterocycles. The van der Waals surface area contributed by atoms with Gasteiger partial charge in [-0.2, -0.15) is 0 Å². The van der Waals surface area contributed by atoms with Gasteiger partial charge in [-0.1, -0.05) is 36.0 Å². The molecule has 1 aliphatic rings. The second-order valence-electron chi connectivity index (χ2n) is 5.94. The van der Waals surface area contributed by atoms with E-state index < -0.39 is 0 Å². The van der Waals surface area contributed by atoms with E-state index in [2.05, 4.69) is 21.3 Å². The summed E-state index contributed by atoms with van der Waals surface area (Å²) in [5.74, 6) is -0.150. The lowest BCUT2D eigenvalue weighted by Gasteiger charge is -2.28. The number of H-pyrrole nitrogens is 1. The van der Waals surface area contributed by atoms with Crippen molar-refractivity contribution >= 4 is 29.7 Å². The van der Waals surface area contributed by atoms with E-state index in [1.165, 1.54) is 12.8 Å². The summed E-state index contributed by atoms with van der Waals surface area (Å²) >= 11 is 11.3. The van der Waals surface area contributed by atoms with Crippen LogP contribution in [0.5, 0.6) is 0 Å². The van der Waals surface area contributed by atoms with Gasteiger partial charge in [0.05, 0.1) is 11.6 Å². The number of halogens is 1. The Morgan fingerprint density at radius 3 is 2.79 bits per heavy atom. The van der Waals surface area contributed by atoms with Gasteiger partial charge in [0, 0.05) is 17.8 Å². The van der Waals surface area contributed by atoms with Crippen LogP contribution >= 0.6 is 23.8 Å². The second kappa shape index (κ2) is 7.92. The predicted molar refractivity (Wildman–Crippen MR) is 99.0 cm³/mol. The first-order chi connectivity index (χ1) is 11.6. The van der Waals surface area contributed by atoms with Crippen LogP contribution in [0, 0.1) is 4.64 Å². The lowest BCUT2D eigenvalue weighted by Crippen LogP contribution is -2.37. The van der Waals surface area contributed by atoms with Crippen LogP contribution < -0.4 is 5.32 Å². The Bertz CT molecular complexity index is 771. The van der Waals surface area contributed by atoms with Gasteiger partial charge in [-0.05, 0) is 55.8 Å². The van der Waals surface area contributed by atoms with Crippen molar-refractivity contribution in [2.45, 2.75) is 18.9 Å². The zero-order valence-corrected chi connectivity index (χ0v) is 14.9. The molecule has 2 aromatic rings. The average molecular weight is 362 g/mol. The first-order valence-corrected chi connectivity index (χ1v) is 8.89. The minimum absolute atomic E-state index is 0.122. The van der Waals surface area contributed by atoms with Gasteiger partial charge in [0.2, 0.25) is 0 Å². The van der Waals surface area contributed by atoms with E-state index in [1.54, 1.807) is 18.3 Å². The van der Waals surface area contributed by atoms with E-state index in [4.69, 9.17) is 23.8 Å². The number of hydrogen-bond acceptors (Lipinski definition) is 3. The highest BCUT2D eigenvalue weighted by atomic mass is 35.5. The summed E-state index contributed by atoms with van der Waals surface area (Å²) in [4.78, 5) is 17.7. The molecule has 4 nitrogen and oxygen atoms in total. The Balaban J connectivity index is 1.76. The highest BCUT2D eigenvalue weighted by Gasteiger charge is 2.24. The maximum Gasteiger partial charge on any atom is 0.254 e. The smallest absolute Gasteiger partial charge is 0.254 e. The van der Waals surface area contributed by atoms with Crippen LogP contribution in [0.25, 0.3) is 0 Å². The third-order valence-corrected chi connectivity index (χ3v) is 4.91. The van der Waals surface area contributed by atoms with E-state index >= 15 is 0 Å². The van der Waals surface area contributed by atoms with Crippen LogP contribution in [-0.4, -0.2) is 35.4 Å². The van der Waals surface area contributed by atoms with Gasteiger partial charge < -0.3 is 10.3 Å². The largest absolute Gasteiger partial charge is 0.352 e. The molecule has 0 spiro atoms. The Morgan fingerprint density at radius 2 is 2.08 bits per heavy atom. The lowest BCUT2D eigenvalue weighted by molar-refractivity contribution is 0.0937. The molecular formula is C18H20ClN3OS. The Morgan fingerprint density at radius 1 is 1.29 bits per heavy atom. The topological polar surface area (TPSA) is 48.1 Å². The van der Waals surface area contributed by atoms with E-state index in [0.29, 0.717) is 21.8 Å². The molecule has 6 heteroatoms. The minimum atomic E-state index is -0.150. The number of benzene rings is 1. The molecule has 1 amide bonds. The summed E-state index contributed by atoms with van der Waals surface area (Å²) in [6.07, 6.45) is 4.10. The van der Waals surface area contributed by atoms with Crippen LogP contribution in [-0.2, 0) is 0 Å². The third-order valence-electron chi connectivity index (χ3n) is 4.33. The number of hydrogen-bond donors (Lipinski definition) is 2. The van der Waals surface area contributed by atoms with Gasteiger partial charge in [0.1, 0.15) is 4.64 Å². The van der Waals surface area contributed by atoms with Crippen molar-refractivity contribution in [2.24, 2.45) is 0 Å². The predicted octanol–water partition coefficient (Wildman–Crippen LogP) is 3.96. The number of aromatic amines is 1. The zero-order valence-electron chi connectivity index (χ0n) is 13.3. The number of amides is 1. The van der Waals surface area contributed by atoms with Crippen LogP contribution in [0.3, 0.4) is 0 Å². The van der Waals surface area contributed by atoms with Crippen molar-refractivity contribution in [3.63, 3.8) is 0 Å². The number of nitrogens with zero attached hydrogens (tertiary/aromatic N) is 1. The fraction of sp³-hybridized carbons (Fsp3) is 0.333. The van der Waals surface area contributed by atoms with Crippen LogP contribution in [0.1, 0.15) is 34.8 Å². The third kappa shape index (κ3) is 4.04. The minimum Gasteiger partial charge on any atom is -0.352 e. The number of likely N-dealkylation sites (tertiary alicyclic amines) is 1. The van der Waals surface area contributed by atoms with Crippen molar-refractivity contribution in [3.8, 4) is 0 Å². The zero-order chi connectivity index (χ0) is 16.9. The molecule has 2 N–H and O–H groups in total. The molecule has 1 saturated heterocycles. The molecule has 0 bridgehead atoms. The van der Waals surface area contributed by atoms with Crippen LogP contribution in [0.2, 0.25) is 5.02 Å². The number of nitrogens with one attached hydrogen (secondary N) is 2. The SMILES string of the molecule is O=C(NC[C@H](c1cccc(Cl)c1)N1CCCC1)c1ccc[nH]c1=S. The molecule has 1 aliphatic heterocycles. The highest BCUT2D eigenvalue weighted by molar-refractivity contribution is 7.71. The van der Waals surface area contributed by atoms with Gasteiger partial charge in [0.25, 0.3) is 5.91 Å². The lowest BCUT2D eigenvalue weighted by atomic mass is 10.1. The second-order valence-corrected chi connectivity index (χ2v) is 6.78. The molecule has 2 heterocycles. The summed E-state index contributed by atoms with van der Waals surface area (Å²) in [5.41, 5.74) is 1.63. The number of aromatic nitrogens is 1. The van der Waals surface area contributed by atoms with Crippen molar-refractivity contribution in [1.29, 1.82) is 0 Å². The quantitative estimate of drug-likeness (QED) is 0.792. The van der Waals surface area contributed by atoms with Crippen molar-refractivity contribution < 1.29 is 4.79 Å². The summed E-state index contributed by atoms with van der Waals surface area (Å²) in [6, 6.07) is 11.5. The normalized spacial score (nSPS) is 16.0. The molecule has 0 radical (unpaired) electrons.